The highest BCUT2D eigenvalue weighted by Gasteiger charge is 2.57. The number of anilines is 1. The van der Waals surface area contributed by atoms with E-state index in [0.717, 1.165) is 115 Å². The number of aryl methyl sites for hydroxylation is 4. The van der Waals surface area contributed by atoms with Crippen LogP contribution in [0.25, 0.3) is 106 Å². The molecule has 0 spiro atoms. The number of H-pyrrole nitrogens is 3. The van der Waals surface area contributed by atoms with Crippen LogP contribution in [0.1, 0.15) is 101 Å². The Hall–Kier alpha value is -12.5. The van der Waals surface area contributed by atoms with Crippen molar-refractivity contribution in [2.75, 3.05) is 12.0 Å². The van der Waals surface area contributed by atoms with E-state index in [9.17, 15) is 22.8 Å². The maximum absolute atomic E-state index is 15.3. The highest BCUT2D eigenvalue weighted by molar-refractivity contribution is 7.90. The fraction of sp³-hybridized carbons (Fsp3) is 0.200. The van der Waals surface area contributed by atoms with Gasteiger partial charge >= 0.3 is 0 Å². The number of aromatic nitrogens is 22. The largest absolute Gasteiger partial charge is 0.398 e. The van der Waals surface area contributed by atoms with Crippen molar-refractivity contribution in [2.45, 2.75) is 73.9 Å². The minimum atomic E-state index is -3.64. The van der Waals surface area contributed by atoms with Gasteiger partial charge in [0.15, 0.2) is 25.3 Å². The number of halogens is 8. The van der Waals surface area contributed by atoms with E-state index in [2.05, 4.69) is 85.3 Å². The summed E-state index contributed by atoms with van der Waals surface area (Å²) < 4.78 is 68.5. The van der Waals surface area contributed by atoms with Crippen LogP contribution in [-0.2, 0) is 23.9 Å². The number of fused-ring (bicyclic) bond motifs is 11. The van der Waals surface area contributed by atoms with E-state index < -0.39 is 27.8 Å². The molecule has 14 heterocycles. The molecule has 3 aliphatic carbocycles. The molecule has 6 aliphatic rings. The smallest absolute Gasteiger partial charge is 0.252 e. The fourth-order valence-corrected chi connectivity index (χ4v) is 20.1. The Labute approximate surface area is 719 Å². The normalized spacial score (nSPS) is 19.2. The Bertz CT molecular complexity index is 7640. The number of nitrogen functional groups attached to an aromatic ring is 1. The van der Waals surface area contributed by atoms with Crippen molar-refractivity contribution in [2.24, 2.45) is 31.8 Å². The lowest BCUT2D eigenvalue weighted by atomic mass is 10.0. The zero-order chi connectivity index (χ0) is 84.2. The van der Waals surface area contributed by atoms with Gasteiger partial charge in [0.1, 0.15) is 28.9 Å². The molecular weight excluding hydrogens is 1710 g/mol. The lowest BCUT2D eigenvalue weighted by molar-refractivity contribution is 0.504. The number of nitrogens with one attached hydrogen (secondary N) is 3. The molecule has 5 N–H and O–H groups in total. The highest BCUT2D eigenvalue weighted by Crippen LogP contribution is 2.63. The maximum atomic E-state index is 15.3. The summed E-state index contributed by atoms with van der Waals surface area (Å²) in [5.41, 5.74) is 21.4. The van der Waals surface area contributed by atoms with Crippen LogP contribution in [0.15, 0.2) is 190 Å². The van der Waals surface area contributed by atoms with Crippen molar-refractivity contribution in [3.05, 3.63) is 290 Å². The SMILES string of the molecule is CS(=O)(=O)c1cc(-c2nc(C3C4CC4c4cc(-c5cc(Cl)ccc5-n5cc(Cl)nn5)cc(=O)n43)[nH]c2F)ccc1N.Cc1nn(C)c2cc(-c3cnc(C4C5CC5c5cc(-c6cc(Cl)ccc6-n6cc(Cl)nn6)cc(=O)n54)[nH]3)ccc12.Cc1nn(C)c2cc(-c3nc(C4C5CC5c5cc(-c6cc(Cl)ccc6-n6cc(Cl)nn6)cc(=O)n54)[nH]c3F)ccc12. The zero-order valence-electron chi connectivity index (χ0n) is 64.5. The van der Waals surface area contributed by atoms with Gasteiger partial charge in [0.05, 0.1) is 98.7 Å². The Morgan fingerprint density at radius 2 is 0.828 bits per heavy atom. The molecule has 6 aromatic carbocycles. The van der Waals surface area contributed by atoms with Crippen LogP contribution in [0, 0.1) is 43.5 Å². The Morgan fingerprint density at radius 3 is 1.22 bits per heavy atom. The van der Waals surface area contributed by atoms with Crippen LogP contribution < -0.4 is 22.4 Å². The van der Waals surface area contributed by atoms with Crippen molar-refractivity contribution in [1.82, 2.24) is 108 Å². The molecule has 122 heavy (non-hydrogen) atoms. The number of sulfone groups is 1. The van der Waals surface area contributed by atoms with Gasteiger partial charge in [-0.05, 0) is 165 Å². The third kappa shape index (κ3) is 13.1. The molecule has 28 nitrogen and oxygen atoms in total. The van der Waals surface area contributed by atoms with Gasteiger partial charge in [-0.15, -0.1) is 15.3 Å². The molecule has 23 rings (SSSR count). The van der Waals surface area contributed by atoms with E-state index in [1.54, 1.807) is 90.3 Å². The number of hydrogen-bond donors (Lipinski definition) is 4. The second kappa shape index (κ2) is 28.6. The number of benzene rings is 6. The molecule has 9 unspecified atom stereocenters. The second-order valence-corrected chi connectivity index (χ2v) is 36.0. The van der Waals surface area contributed by atoms with Crippen LogP contribution in [0.3, 0.4) is 0 Å². The highest BCUT2D eigenvalue weighted by atomic mass is 35.5. The molecule has 3 fully saturated rings. The Kier molecular flexibility index (Phi) is 18.0. The molecule has 0 saturated heterocycles. The molecule has 0 bridgehead atoms. The Morgan fingerprint density at radius 1 is 0.451 bits per heavy atom. The zero-order valence-corrected chi connectivity index (χ0v) is 69.9. The van der Waals surface area contributed by atoms with Crippen molar-refractivity contribution in [3.63, 3.8) is 0 Å². The third-order valence-electron chi connectivity index (χ3n) is 24.1. The number of pyridine rings is 3. The van der Waals surface area contributed by atoms with Crippen molar-refractivity contribution in [3.8, 4) is 84.2 Å². The van der Waals surface area contributed by atoms with Gasteiger partial charge in [-0.1, -0.05) is 116 Å². The molecule has 37 heteroatoms. The first-order valence-corrected chi connectivity index (χ1v) is 42.7. The number of nitrogens with two attached hydrogens (primary N) is 1. The number of imidazole rings is 3. The van der Waals surface area contributed by atoms with Crippen molar-refractivity contribution < 1.29 is 17.2 Å². The van der Waals surface area contributed by atoms with Crippen LogP contribution in [0.5, 0.6) is 0 Å². The van der Waals surface area contributed by atoms with Gasteiger partial charge < -0.3 is 34.4 Å². The summed E-state index contributed by atoms with van der Waals surface area (Å²) in [6.45, 7) is 3.96. The molecule has 3 aliphatic heterocycles. The lowest BCUT2D eigenvalue weighted by Gasteiger charge is -2.18. The van der Waals surface area contributed by atoms with Crippen LogP contribution in [-0.4, -0.2) is 123 Å². The van der Waals surface area contributed by atoms with Gasteiger partial charge in [-0.25, -0.2) is 37.4 Å². The van der Waals surface area contributed by atoms with Gasteiger partial charge in [0.2, 0.25) is 11.9 Å². The molecule has 0 amide bonds. The maximum Gasteiger partial charge on any atom is 0.252 e. The number of aromatic amines is 3. The summed E-state index contributed by atoms with van der Waals surface area (Å²) >= 11 is 37.1. The summed E-state index contributed by atoms with van der Waals surface area (Å²) in [5.74, 6) is 1.42. The summed E-state index contributed by atoms with van der Waals surface area (Å²) in [7, 11) is 0.179. The first-order valence-electron chi connectivity index (χ1n) is 38.6. The average molecular weight is 1770 g/mol. The van der Waals surface area contributed by atoms with Gasteiger partial charge in [-0.3, -0.25) is 23.7 Å². The Balaban J connectivity index is 0.000000113. The monoisotopic (exact) mass is 1770 g/mol. The summed E-state index contributed by atoms with van der Waals surface area (Å²) in [6.07, 6.45) is 10.4. The first-order chi connectivity index (χ1) is 58.6. The molecule has 11 aromatic heterocycles. The van der Waals surface area contributed by atoms with Crippen molar-refractivity contribution in [1.29, 1.82) is 0 Å². The lowest BCUT2D eigenvalue weighted by Crippen LogP contribution is -2.26. The summed E-state index contributed by atoms with van der Waals surface area (Å²) in [4.78, 5) is 63.9. The van der Waals surface area contributed by atoms with E-state index in [1.165, 1.54) is 28.9 Å². The van der Waals surface area contributed by atoms with Gasteiger partial charge in [-0.2, -0.15) is 19.0 Å². The predicted molar refractivity (Wildman–Crippen MR) is 458 cm³/mol. The predicted octanol–water partition coefficient (Wildman–Crippen LogP) is 16.2. The van der Waals surface area contributed by atoms with Gasteiger partial charge in [0.25, 0.3) is 16.7 Å². The minimum absolute atomic E-state index is 0.0460. The topological polar surface area (TPSA) is 340 Å². The van der Waals surface area contributed by atoms with E-state index in [-0.39, 0.29) is 101 Å². The molecule has 3 saturated carbocycles. The number of hydrogen-bond acceptors (Lipinski definition) is 17. The molecule has 610 valence electrons. The first kappa shape index (κ1) is 76.9. The van der Waals surface area contributed by atoms with Crippen LogP contribution in [0.2, 0.25) is 30.5 Å². The van der Waals surface area contributed by atoms with Crippen LogP contribution in [0.4, 0.5) is 14.5 Å². The fourth-order valence-electron chi connectivity index (χ4n) is 18.4. The molecule has 0 radical (unpaired) electrons. The minimum Gasteiger partial charge on any atom is -0.398 e. The third-order valence-corrected chi connectivity index (χ3v) is 26.5. The van der Waals surface area contributed by atoms with E-state index >= 15 is 8.78 Å². The summed E-state index contributed by atoms with van der Waals surface area (Å²) in [6, 6.07) is 42.1. The molecule has 9 atom stereocenters. The van der Waals surface area contributed by atoms with Gasteiger partial charge in [0, 0.05) is 133 Å². The molecular formula is C85H63Cl6F2N23O5S. The quantitative estimate of drug-likeness (QED) is 0.0779. The standard InChI is InChI=1S/C29H21Cl2FN8O.C29H22Cl2N8O.C27H20Cl2FN7O3S/c1-13-17-5-3-14(7-22(17)38(2)36-13)26-28(32)34-29(33-26)27-20-11-19(20)23-8-15(9-25(41)40(23)27)18-10-16(30)4-6-21(18)39-12-24(31)35-37-39;1-14-18-5-3-15(7-24(18)37(2)35-14)22-12-32-29(33-22)28-21-11-20(21)25-8-16(9-27(40)39(25)28)19-10-17(30)4-6-23(19)38-13-26(31)34-36-38;1-41(39,40)21-7-12(2-4-18(21)31)24-26(30)33-27(32-24)25-17-10-16(17)20-6-13(8-23(38)37(20)25)15-9-14(28)3-5-19(15)36-11-22(29)34-35-36/h3-10,12,19-20,27H,11H2,1-2H3,(H,33,34);3-10,12-13,20-21,28H,11H2,1-2H3,(H,32,33);2-9,11,16-17,25H,10,31H2,1H3,(H,32,33). The van der Waals surface area contributed by atoms with E-state index in [1.807, 2.05) is 91.9 Å². The average Bonchev–Trinajstić information content (AvgIpc) is 1.55. The van der Waals surface area contributed by atoms with Crippen LogP contribution >= 0.6 is 69.6 Å². The van der Waals surface area contributed by atoms with E-state index in [4.69, 9.17) is 85.3 Å². The van der Waals surface area contributed by atoms with E-state index in [0.29, 0.717) is 66.4 Å². The molecule has 17 aromatic rings. The summed E-state index contributed by atoms with van der Waals surface area (Å²) in [5, 5.41) is 37.3. The van der Waals surface area contributed by atoms with Crippen molar-refractivity contribution >= 4 is 107 Å². The number of rotatable bonds is 13. The number of nitrogens with zero attached hydrogens (tertiary/aromatic N) is 19. The second-order valence-electron chi connectivity index (χ2n) is 31.6.